The highest BCUT2D eigenvalue weighted by Gasteiger charge is 2.23. The van der Waals surface area contributed by atoms with Crippen molar-refractivity contribution in [1.82, 2.24) is 10.2 Å². The number of ether oxygens (including phenoxy) is 3. The lowest BCUT2D eigenvalue weighted by atomic mass is 10.2. The second-order valence-electron chi connectivity index (χ2n) is 5.72. The number of amides is 1. The Morgan fingerprint density at radius 2 is 2.00 bits per heavy atom. The molecule has 0 radical (unpaired) electrons. The minimum absolute atomic E-state index is 0.142. The number of anilines is 1. The lowest BCUT2D eigenvalue weighted by Gasteiger charge is -2.13. The number of nitrogens with zero attached hydrogens (tertiary/aromatic N) is 1. The zero-order chi connectivity index (χ0) is 18.1. The molecule has 1 amide bonds. The molecule has 1 aromatic heterocycles. The molecule has 2 N–H and O–H groups in total. The Bertz CT molecular complexity index is 997. The third kappa shape index (κ3) is 2.92. The monoisotopic (exact) mass is 353 g/mol. The van der Waals surface area contributed by atoms with E-state index in [0.29, 0.717) is 22.6 Å². The van der Waals surface area contributed by atoms with Crippen LogP contribution in [0.25, 0.3) is 10.9 Å². The number of hydrogen-bond donors (Lipinski definition) is 2. The van der Waals surface area contributed by atoms with E-state index in [4.69, 9.17) is 14.2 Å². The normalized spacial score (nSPS) is 13.4. The molecular formula is C18H15N3O5. The van der Waals surface area contributed by atoms with Crippen LogP contribution in [0.1, 0.15) is 17.4 Å². The van der Waals surface area contributed by atoms with Crippen LogP contribution in [0, 0.1) is 0 Å². The average molecular weight is 353 g/mol. The lowest BCUT2D eigenvalue weighted by molar-refractivity contribution is -0.123. The van der Waals surface area contributed by atoms with Crippen molar-refractivity contribution in [3.05, 3.63) is 48.2 Å². The van der Waals surface area contributed by atoms with E-state index in [1.54, 1.807) is 36.4 Å². The zero-order valence-electron chi connectivity index (χ0n) is 13.8. The first-order valence-corrected chi connectivity index (χ1v) is 7.96. The maximum atomic E-state index is 12.3. The second kappa shape index (κ2) is 6.40. The van der Waals surface area contributed by atoms with Gasteiger partial charge in [0, 0.05) is 17.1 Å². The van der Waals surface area contributed by atoms with Gasteiger partial charge in [-0.15, -0.1) is 0 Å². The molecule has 4 rings (SSSR count). The number of carbonyl (C=O) groups excluding carboxylic acids is 2. The van der Waals surface area contributed by atoms with Crippen LogP contribution in [0.3, 0.4) is 0 Å². The molecule has 132 valence electrons. The van der Waals surface area contributed by atoms with Gasteiger partial charge in [0.2, 0.25) is 6.79 Å². The summed E-state index contributed by atoms with van der Waals surface area (Å²) in [7, 11) is 0. The number of para-hydroxylation sites is 1. The van der Waals surface area contributed by atoms with Crippen molar-refractivity contribution in [3.8, 4) is 11.5 Å². The van der Waals surface area contributed by atoms with Crippen LogP contribution in [0.4, 0.5) is 5.69 Å². The molecule has 2 aromatic carbocycles. The van der Waals surface area contributed by atoms with Crippen molar-refractivity contribution in [1.29, 1.82) is 0 Å². The molecule has 0 aliphatic carbocycles. The topological polar surface area (TPSA) is 103 Å². The Hall–Kier alpha value is -3.55. The molecule has 0 saturated heterocycles. The van der Waals surface area contributed by atoms with E-state index in [9.17, 15) is 9.59 Å². The van der Waals surface area contributed by atoms with Gasteiger partial charge in [0.15, 0.2) is 23.3 Å². The van der Waals surface area contributed by atoms with Gasteiger partial charge in [-0.1, -0.05) is 18.2 Å². The smallest absolute Gasteiger partial charge is 0.360 e. The van der Waals surface area contributed by atoms with E-state index >= 15 is 0 Å². The number of aromatic nitrogens is 2. The summed E-state index contributed by atoms with van der Waals surface area (Å²) in [4.78, 5) is 24.6. The van der Waals surface area contributed by atoms with Gasteiger partial charge in [0.05, 0.1) is 5.52 Å². The Kier molecular flexibility index (Phi) is 3.92. The van der Waals surface area contributed by atoms with Crippen molar-refractivity contribution < 1.29 is 23.8 Å². The number of hydrogen-bond acceptors (Lipinski definition) is 6. The van der Waals surface area contributed by atoms with E-state index in [1.165, 1.54) is 6.92 Å². The standard InChI is InChI=1S/C18H15N3O5/c1-10(17(22)19-11-6-7-14-15(8-11)25-9-24-14)26-18(23)16-12-4-2-3-5-13(12)20-21-16/h2-8,10H,9H2,1H3,(H,19,22)(H,20,21)/t10-/m1/s1. The van der Waals surface area contributed by atoms with Gasteiger partial charge in [-0.2, -0.15) is 5.10 Å². The molecule has 0 bridgehead atoms. The summed E-state index contributed by atoms with van der Waals surface area (Å²) >= 11 is 0. The van der Waals surface area contributed by atoms with Crippen molar-refractivity contribution in [3.63, 3.8) is 0 Å². The summed E-state index contributed by atoms with van der Waals surface area (Å²) in [6.07, 6.45) is -0.997. The van der Waals surface area contributed by atoms with Crippen molar-refractivity contribution in [2.75, 3.05) is 12.1 Å². The first-order valence-electron chi connectivity index (χ1n) is 7.96. The fourth-order valence-corrected chi connectivity index (χ4v) is 2.61. The molecule has 2 heterocycles. The molecule has 3 aromatic rings. The van der Waals surface area contributed by atoms with E-state index in [1.807, 2.05) is 6.07 Å². The van der Waals surface area contributed by atoms with Crippen LogP contribution in [-0.2, 0) is 9.53 Å². The SMILES string of the molecule is C[C@@H](OC(=O)c1n[nH]c2ccccc12)C(=O)Nc1ccc2c(c1)OCO2. The largest absolute Gasteiger partial charge is 0.454 e. The summed E-state index contributed by atoms with van der Waals surface area (Å²) in [6.45, 7) is 1.65. The summed E-state index contributed by atoms with van der Waals surface area (Å²) in [5.41, 5.74) is 1.38. The van der Waals surface area contributed by atoms with Gasteiger partial charge in [-0.25, -0.2) is 4.79 Å². The third-order valence-electron chi connectivity index (χ3n) is 3.96. The van der Waals surface area contributed by atoms with Crippen molar-refractivity contribution >= 4 is 28.5 Å². The molecule has 1 aliphatic heterocycles. The maximum Gasteiger partial charge on any atom is 0.360 e. The van der Waals surface area contributed by atoms with E-state index in [-0.39, 0.29) is 12.5 Å². The molecule has 8 nitrogen and oxygen atoms in total. The molecule has 0 spiro atoms. The highest BCUT2D eigenvalue weighted by Crippen LogP contribution is 2.34. The first kappa shape index (κ1) is 15.9. The summed E-state index contributed by atoms with van der Waals surface area (Å²) < 4.78 is 15.7. The molecule has 1 aliphatic rings. The Balaban J connectivity index is 1.43. The van der Waals surface area contributed by atoms with Crippen LogP contribution in [0.5, 0.6) is 11.5 Å². The number of carbonyl (C=O) groups is 2. The molecule has 0 fully saturated rings. The summed E-state index contributed by atoms with van der Waals surface area (Å²) in [6, 6.07) is 12.2. The lowest BCUT2D eigenvalue weighted by Crippen LogP contribution is -2.30. The maximum absolute atomic E-state index is 12.3. The van der Waals surface area contributed by atoms with Crippen LogP contribution in [-0.4, -0.2) is 35.0 Å². The number of aromatic amines is 1. The van der Waals surface area contributed by atoms with Crippen molar-refractivity contribution in [2.45, 2.75) is 13.0 Å². The Morgan fingerprint density at radius 1 is 1.19 bits per heavy atom. The molecule has 26 heavy (non-hydrogen) atoms. The molecular weight excluding hydrogens is 338 g/mol. The van der Waals surface area contributed by atoms with E-state index < -0.39 is 18.0 Å². The van der Waals surface area contributed by atoms with Crippen LogP contribution in [0.15, 0.2) is 42.5 Å². The number of H-pyrrole nitrogens is 1. The number of nitrogens with one attached hydrogen (secondary N) is 2. The number of fused-ring (bicyclic) bond motifs is 2. The van der Waals surface area contributed by atoms with Gasteiger partial charge >= 0.3 is 5.97 Å². The number of benzene rings is 2. The fraction of sp³-hybridized carbons (Fsp3) is 0.167. The molecule has 1 atom stereocenters. The Labute approximate surface area is 148 Å². The molecule has 0 unspecified atom stereocenters. The minimum Gasteiger partial charge on any atom is -0.454 e. The fourth-order valence-electron chi connectivity index (χ4n) is 2.61. The summed E-state index contributed by atoms with van der Waals surface area (Å²) in [5, 5.41) is 10.0. The van der Waals surface area contributed by atoms with Crippen LogP contribution in [0.2, 0.25) is 0 Å². The Morgan fingerprint density at radius 3 is 2.88 bits per heavy atom. The van der Waals surface area contributed by atoms with Gasteiger partial charge in [0.1, 0.15) is 0 Å². The predicted octanol–water partition coefficient (Wildman–Crippen LogP) is 2.48. The predicted molar refractivity (Wildman–Crippen MR) is 92.2 cm³/mol. The highest BCUT2D eigenvalue weighted by molar-refractivity contribution is 6.03. The van der Waals surface area contributed by atoms with Crippen LogP contribution >= 0.6 is 0 Å². The average Bonchev–Trinajstić information content (AvgIpc) is 3.27. The molecule has 8 heteroatoms. The highest BCUT2D eigenvalue weighted by atomic mass is 16.7. The van der Waals surface area contributed by atoms with Crippen molar-refractivity contribution in [2.24, 2.45) is 0 Å². The minimum atomic E-state index is -0.997. The first-order chi connectivity index (χ1) is 12.6. The van der Waals surface area contributed by atoms with Gasteiger partial charge in [0.25, 0.3) is 5.91 Å². The van der Waals surface area contributed by atoms with Crippen LogP contribution < -0.4 is 14.8 Å². The van der Waals surface area contributed by atoms with Gasteiger partial charge < -0.3 is 19.5 Å². The van der Waals surface area contributed by atoms with Gasteiger partial charge in [-0.3, -0.25) is 9.89 Å². The van der Waals surface area contributed by atoms with E-state index in [0.717, 1.165) is 5.52 Å². The summed E-state index contributed by atoms with van der Waals surface area (Å²) in [5.74, 6) is 0.0381. The number of esters is 1. The quantitative estimate of drug-likeness (QED) is 0.699. The third-order valence-corrected chi connectivity index (χ3v) is 3.96. The number of rotatable bonds is 4. The van der Waals surface area contributed by atoms with Gasteiger partial charge in [-0.05, 0) is 25.1 Å². The van der Waals surface area contributed by atoms with E-state index in [2.05, 4.69) is 15.5 Å². The zero-order valence-corrected chi connectivity index (χ0v) is 13.8. The molecule has 0 saturated carbocycles. The second-order valence-corrected chi connectivity index (χ2v) is 5.72.